The van der Waals surface area contributed by atoms with Crippen molar-refractivity contribution in [3.8, 4) is 5.75 Å². The molecule has 23 heavy (non-hydrogen) atoms. The van der Waals surface area contributed by atoms with Crippen molar-refractivity contribution >= 4 is 56.4 Å². The van der Waals surface area contributed by atoms with Gasteiger partial charge in [-0.2, -0.15) is 4.99 Å². The van der Waals surface area contributed by atoms with Gasteiger partial charge in [0.2, 0.25) is 5.91 Å². The number of hydrogen-bond acceptors (Lipinski definition) is 7. The van der Waals surface area contributed by atoms with Gasteiger partial charge in [-0.05, 0) is 35.5 Å². The number of nitrogens with zero attached hydrogens (tertiary/aromatic N) is 1. The van der Waals surface area contributed by atoms with Gasteiger partial charge in [0, 0.05) is 6.92 Å². The maximum Gasteiger partial charge on any atom is 0.396 e. The SMILES string of the molecule is COc1cc(/C=C2/SC(NC(C)=O)=NC2=O)cc2sc(=O)oc12. The van der Waals surface area contributed by atoms with Crippen LogP contribution < -0.4 is 15.0 Å². The molecule has 9 heteroatoms. The first-order valence-electron chi connectivity index (χ1n) is 6.38. The highest BCUT2D eigenvalue weighted by atomic mass is 32.2. The molecule has 3 rings (SSSR count). The number of carbonyl (C=O) groups excluding carboxylic acids is 2. The standard InChI is InChI=1S/C14H10N2O5S2/c1-6(17)15-13-16-12(18)10(22-13)5-7-3-8(20-2)11-9(4-7)23-14(19)21-11/h3-5H,1-2H3,(H,15,16,17,18)/b10-5+. The molecule has 0 saturated carbocycles. The number of aliphatic imine (C=N–C) groups is 1. The van der Waals surface area contributed by atoms with Crippen LogP contribution in [0.15, 0.2) is 31.2 Å². The van der Waals surface area contributed by atoms with Crippen molar-refractivity contribution in [1.82, 2.24) is 5.32 Å². The monoisotopic (exact) mass is 350 g/mol. The summed E-state index contributed by atoms with van der Waals surface area (Å²) < 4.78 is 10.9. The summed E-state index contributed by atoms with van der Waals surface area (Å²) in [5.41, 5.74) is 1.05. The fraction of sp³-hybridized carbons (Fsp3) is 0.143. The van der Waals surface area contributed by atoms with Gasteiger partial charge in [-0.15, -0.1) is 0 Å². The molecule has 1 aromatic heterocycles. The molecule has 1 aliphatic rings. The molecule has 0 aliphatic carbocycles. The van der Waals surface area contributed by atoms with Crippen molar-refractivity contribution in [3.05, 3.63) is 32.3 Å². The van der Waals surface area contributed by atoms with Gasteiger partial charge >= 0.3 is 4.94 Å². The van der Waals surface area contributed by atoms with Gasteiger partial charge in [0.1, 0.15) is 0 Å². The summed E-state index contributed by atoms with van der Waals surface area (Å²) in [6.07, 6.45) is 1.62. The number of thioether (sulfide) groups is 1. The second-order valence-electron chi connectivity index (χ2n) is 4.52. The number of rotatable bonds is 2. The lowest BCUT2D eigenvalue weighted by Crippen LogP contribution is -2.23. The van der Waals surface area contributed by atoms with Crippen molar-refractivity contribution in [2.75, 3.05) is 7.11 Å². The van der Waals surface area contributed by atoms with Crippen molar-refractivity contribution in [2.45, 2.75) is 6.92 Å². The smallest absolute Gasteiger partial charge is 0.396 e. The third-order valence-corrected chi connectivity index (χ3v) is 4.52. The van der Waals surface area contributed by atoms with E-state index >= 15 is 0 Å². The van der Waals surface area contributed by atoms with Crippen molar-refractivity contribution in [1.29, 1.82) is 0 Å². The highest BCUT2D eigenvalue weighted by Gasteiger charge is 2.23. The minimum atomic E-state index is -0.432. The molecule has 118 valence electrons. The molecule has 2 heterocycles. The lowest BCUT2D eigenvalue weighted by molar-refractivity contribution is -0.117. The van der Waals surface area contributed by atoms with Crippen LogP contribution >= 0.6 is 23.1 Å². The summed E-state index contributed by atoms with van der Waals surface area (Å²) in [5.74, 6) is -0.319. The van der Waals surface area contributed by atoms with Crippen LogP contribution in [0.5, 0.6) is 5.75 Å². The van der Waals surface area contributed by atoms with E-state index in [1.54, 1.807) is 18.2 Å². The number of amides is 2. The Kier molecular flexibility index (Phi) is 4.05. The number of methoxy groups -OCH3 is 1. The number of ether oxygens (including phenoxy) is 1. The number of nitrogens with one attached hydrogen (secondary N) is 1. The van der Waals surface area contributed by atoms with Crippen molar-refractivity contribution < 1.29 is 18.7 Å². The fourth-order valence-electron chi connectivity index (χ4n) is 1.97. The Morgan fingerprint density at radius 2 is 2.17 bits per heavy atom. The summed E-state index contributed by atoms with van der Waals surface area (Å²) in [6, 6.07) is 3.39. The summed E-state index contributed by atoms with van der Waals surface area (Å²) in [5, 5.41) is 2.72. The van der Waals surface area contributed by atoms with Gasteiger partial charge in [-0.25, -0.2) is 4.79 Å². The van der Waals surface area contributed by atoms with E-state index < -0.39 is 10.8 Å². The molecule has 0 bridgehead atoms. The van der Waals surface area contributed by atoms with Gasteiger partial charge in [-0.3, -0.25) is 9.59 Å². The molecule has 1 aliphatic heterocycles. The molecule has 0 saturated heterocycles. The van der Waals surface area contributed by atoms with Gasteiger partial charge in [0.15, 0.2) is 16.5 Å². The zero-order valence-electron chi connectivity index (χ0n) is 12.0. The Morgan fingerprint density at radius 1 is 1.39 bits per heavy atom. The van der Waals surface area contributed by atoms with Crippen LogP contribution in [-0.4, -0.2) is 24.1 Å². The van der Waals surface area contributed by atoms with Crippen molar-refractivity contribution in [2.24, 2.45) is 4.99 Å². The number of amidine groups is 1. The Bertz CT molecular complexity index is 938. The predicted molar refractivity (Wildman–Crippen MR) is 88.7 cm³/mol. The number of fused-ring (bicyclic) bond motifs is 1. The van der Waals surface area contributed by atoms with E-state index in [-0.39, 0.29) is 11.1 Å². The van der Waals surface area contributed by atoms with Crippen molar-refractivity contribution in [3.63, 3.8) is 0 Å². The average molecular weight is 350 g/mol. The molecule has 0 fully saturated rings. The Labute approximate surface area is 138 Å². The lowest BCUT2D eigenvalue weighted by atomic mass is 10.2. The van der Waals surface area contributed by atoms with Crippen LogP contribution in [-0.2, 0) is 9.59 Å². The molecule has 0 spiro atoms. The first kappa shape index (κ1) is 15.5. The number of benzene rings is 1. The average Bonchev–Trinajstić information content (AvgIpc) is 2.99. The predicted octanol–water partition coefficient (Wildman–Crippen LogP) is 1.97. The number of carbonyl (C=O) groups is 2. The van der Waals surface area contributed by atoms with Crippen LogP contribution in [0.4, 0.5) is 0 Å². The van der Waals surface area contributed by atoms with Gasteiger partial charge in [-0.1, -0.05) is 11.3 Å². The molecule has 1 aromatic carbocycles. The Morgan fingerprint density at radius 3 is 2.87 bits per heavy atom. The zero-order valence-corrected chi connectivity index (χ0v) is 13.7. The van der Waals surface area contributed by atoms with Gasteiger partial charge in [0.25, 0.3) is 5.91 Å². The van der Waals surface area contributed by atoms with Crippen LogP contribution in [0.3, 0.4) is 0 Å². The first-order valence-corrected chi connectivity index (χ1v) is 8.01. The van der Waals surface area contributed by atoms with E-state index in [4.69, 9.17) is 9.15 Å². The largest absolute Gasteiger partial charge is 0.493 e. The molecule has 0 radical (unpaired) electrons. The normalized spacial score (nSPS) is 16.0. The lowest BCUT2D eigenvalue weighted by Gasteiger charge is -2.02. The third kappa shape index (κ3) is 3.20. The maximum absolute atomic E-state index is 11.9. The minimum absolute atomic E-state index is 0.245. The molecular weight excluding hydrogens is 340 g/mol. The van der Waals surface area contributed by atoms with Crippen LogP contribution in [0.1, 0.15) is 12.5 Å². The summed E-state index contributed by atoms with van der Waals surface area (Å²) in [6.45, 7) is 1.34. The minimum Gasteiger partial charge on any atom is -0.493 e. The fourth-order valence-corrected chi connectivity index (χ4v) is 3.56. The summed E-state index contributed by atoms with van der Waals surface area (Å²) >= 11 is 2.03. The van der Waals surface area contributed by atoms with E-state index in [1.807, 2.05) is 0 Å². The van der Waals surface area contributed by atoms with Crippen LogP contribution in [0.25, 0.3) is 16.4 Å². The van der Waals surface area contributed by atoms with Gasteiger partial charge in [0.05, 0.1) is 16.7 Å². The Hall–Kier alpha value is -2.39. The maximum atomic E-state index is 11.9. The van der Waals surface area contributed by atoms with E-state index in [0.717, 1.165) is 23.1 Å². The summed E-state index contributed by atoms with van der Waals surface area (Å²) in [4.78, 5) is 38.0. The zero-order chi connectivity index (χ0) is 16.6. The quantitative estimate of drug-likeness (QED) is 0.832. The second-order valence-corrected chi connectivity index (χ2v) is 6.53. The molecule has 1 N–H and O–H groups in total. The number of hydrogen-bond donors (Lipinski definition) is 1. The molecule has 7 nitrogen and oxygen atoms in total. The first-order chi connectivity index (χ1) is 11.0. The third-order valence-electron chi connectivity index (χ3n) is 2.84. The van der Waals surface area contributed by atoms with E-state index in [0.29, 0.717) is 26.5 Å². The molecule has 0 atom stereocenters. The van der Waals surface area contributed by atoms with E-state index in [1.165, 1.54) is 14.0 Å². The van der Waals surface area contributed by atoms with Gasteiger partial charge < -0.3 is 14.5 Å². The molecule has 2 aromatic rings. The summed E-state index contributed by atoms with van der Waals surface area (Å²) in [7, 11) is 1.47. The van der Waals surface area contributed by atoms with Crippen LogP contribution in [0.2, 0.25) is 0 Å². The van der Waals surface area contributed by atoms with Crippen LogP contribution in [0, 0.1) is 0 Å². The van der Waals surface area contributed by atoms with E-state index in [2.05, 4.69) is 10.3 Å². The molecule has 2 amide bonds. The Balaban J connectivity index is 1.97. The highest BCUT2D eigenvalue weighted by Crippen LogP contribution is 2.32. The molecule has 0 unspecified atom stereocenters. The molecular formula is C14H10N2O5S2. The highest BCUT2D eigenvalue weighted by molar-refractivity contribution is 8.18. The van der Waals surface area contributed by atoms with E-state index in [9.17, 15) is 14.4 Å². The topological polar surface area (TPSA) is 98.0 Å². The second kappa shape index (κ2) is 6.01.